The van der Waals surface area contributed by atoms with E-state index in [1.54, 1.807) is 37.9 Å². The molecule has 1 unspecified atom stereocenters. The predicted octanol–water partition coefficient (Wildman–Crippen LogP) is 7.11. The van der Waals surface area contributed by atoms with Crippen LogP contribution in [0.2, 0.25) is 10.0 Å². The number of aliphatic hydroxyl groups is 1. The molecule has 2 aromatic carbocycles. The van der Waals surface area contributed by atoms with E-state index in [4.69, 9.17) is 32.2 Å². The molecule has 0 spiro atoms. The minimum Gasteiger partial charge on any atom is -0.388 e. The van der Waals surface area contributed by atoms with Crippen molar-refractivity contribution in [3.63, 3.8) is 0 Å². The maximum atomic E-state index is 13.0. The maximum Gasteiger partial charge on any atom is 0.354 e. The van der Waals surface area contributed by atoms with E-state index < -0.39 is 13.7 Å². The van der Waals surface area contributed by atoms with Gasteiger partial charge in [-0.15, -0.1) is 0 Å². The lowest BCUT2D eigenvalue weighted by Crippen LogP contribution is -2.00. The zero-order valence-electron chi connectivity index (χ0n) is 16.0. The van der Waals surface area contributed by atoms with Crippen LogP contribution in [0.5, 0.6) is 0 Å². The second-order valence-corrected chi connectivity index (χ2v) is 8.81. The normalized spacial score (nSPS) is 13.5. The molecule has 0 aliphatic rings. The Balaban J connectivity index is 2.27. The molecule has 4 nitrogen and oxygen atoms in total. The summed E-state index contributed by atoms with van der Waals surface area (Å²) in [7, 11) is -3.38. The summed E-state index contributed by atoms with van der Waals surface area (Å²) >= 11 is 12.1. The number of benzene rings is 2. The van der Waals surface area contributed by atoms with E-state index in [1.165, 1.54) is 0 Å². The Kier molecular flexibility index (Phi) is 9.23. The van der Waals surface area contributed by atoms with E-state index in [0.29, 0.717) is 28.5 Å². The Labute approximate surface area is 176 Å². The fourth-order valence-electron chi connectivity index (χ4n) is 2.82. The molecule has 28 heavy (non-hydrogen) atoms. The second kappa shape index (κ2) is 11.2. The third-order valence-corrected chi connectivity index (χ3v) is 6.51. The summed E-state index contributed by atoms with van der Waals surface area (Å²) in [6.07, 6.45) is 0.0738. The molecule has 152 valence electrons. The van der Waals surface area contributed by atoms with Crippen molar-refractivity contribution in [2.75, 3.05) is 13.2 Å². The minimum absolute atomic E-state index is 0.277. The predicted molar refractivity (Wildman–Crippen MR) is 116 cm³/mol. The molecular weight excluding hydrogens is 418 g/mol. The summed E-state index contributed by atoms with van der Waals surface area (Å²) in [6, 6.07) is 14.6. The van der Waals surface area contributed by atoms with Crippen LogP contribution in [0.25, 0.3) is 5.57 Å². The molecule has 0 saturated heterocycles. The molecule has 0 aliphatic heterocycles. The Morgan fingerprint density at radius 2 is 1.75 bits per heavy atom. The first-order chi connectivity index (χ1) is 13.4. The van der Waals surface area contributed by atoms with Gasteiger partial charge in [0, 0.05) is 15.9 Å². The van der Waals surface area contributed by atoms with Crippen LogP contribution in [-0.4, -0.2) is 18.3 Å². The van der Waals surface area contributed by atoms with E-state index in [9.17, 15) is 9.67 Å². The summed E-state index contributed by atoms with van der Waals surface area (Å²) in [6.45, 7) is 4.10. The zero-order valence-corrected chi connectivity index (χ0v) is 18.4. The van der Waals surface area contributed by atoms with E-state index in [0.717, 1.165) is 11.1 Å². The summed E-state index contributed by atoms with van der Waals surface area (Å²) in [5, 5.41) is 11.5. The number of aliphatic hydroxyl groups excluding tert-OH is 1. The Bertz CT molecular complexity index is 830. The van der Waals surface area contributed by atoms with Crippen molar-refractivity contribution < 1.29 is 18.7 Å². The van der Waals surface area contributed by atoms with Crippen molar-refractivity contribution in [2.24, 2.45) is 0 Å². The van der Waals surface area contributed by atoms with Gasteiger partial charge in [0.05, 0.1) is 19.3 Å². The number of rotatable bonds is 10. The number of hydrogen-bond acceptors (Lipinski definition) is 4. The fourth-order valence-corrected chi connectivity index (χ4v) is 4.96. The molecule has 0 radical (unpaired) electrons. The van der Waals surface area contributed by atoms with Crippen LogP contribution in [0.15, 0.2) is 54.3 Å². The van der Waals surface area contributed by atoms with Gasteiger partial charge in [0.25, 0.3) is 0 Å². The molecule has 7 heteroatoms. The van der Waals surface area contributed by atoms with E-state index >= 15 is 0 Å². The largest absolute Gasteiger partial charge is 0.388 e. The SMILES string of the molecule is CCOP(=O)(C=C(CCC(O)c1ccc(Cl)cc1Cl)c1ccccc1)OCC. The van der Waals surface area contributed by atoms with E-state index in [2.05, 4.69) is 0 Å². The molecule has 0 heterocycles. The highest BCUT2D eigenvalue weighted by Gasteiger charge is 2.22. The van der Waals surface area contributed by atoms with Crippen LogP contribution < -0.4 is 0 Å². The highest BCUT2D eigenvalue weighted by atomic mass is 35.5. The maximum absolute atomic E-state index is 13.0. The van der Waals surface area contributed by atoms with Gasteiger partial charge in [0.1, 0.15) is 0 Å². The molecule has 2 aromatic rings. The third-order valence-electron chi connectivity index (χ3n) is 4.09. The minimum atomic E-state index is -3.38. The molecule has 1 N–H and O–H groups in total. The zero-order chi connectivity index (χ0) is 20.6. The van der Waals surface area contributed by atoms with Gasteiger partial charge in [0.15, 0.2) is 0 Å². The lowest BCUT2D eigenvalue weighted by molar-refractivity contribution is 0.169. The highest BCUT2D eigenvalue weighted by molar-refractivity contribution is 7.57. The fraction of sp³-hybridized carbons (Fsp3) is 0.333. The first kappa shape index (κ1) is 23.2. The first-order valence-electron chi connectivity index (χ1n) is 9.17. The van der Waals surface area contributed by atoms with Crippen LogP contribution >= 0.6 is 30.8 Å². The van der Waals surface area contributed by atoms with Crippen molar-refractivity contribution in [1.29, 1.82) is 0 Å². The summed E-state index contributed by atoms with van der Waals surface area (Å²) in [5.41, 5.74) is 2.29. The van der Waals surface area contributed by atoms with Gasteiger partial charge in [-0.05, 0) is 55.5 Å². The summed E-state index contributed by atoms with van der Waals surface area (Å²) in [4.78, 5) is 0. The van der Waals surface area contributed by atoms with Crippen LogP contribution in [-0.2, 0) is 13.6 Å². The Morgan fingerprint density at radius 3 is 2.32 bits per heavy atom. The molecule has 1 atom stereocenters. The van der Waals surface area contributed by atoms with Crippen molar-refractivity contribution in [1.82, 2.24) is 0 Å². The molecule has 2 rings (SSSR count). The van der Waals surface area contributed by atoms with Crippen molar-refractivity contribution >= 4 is 36.4 Å². The van der Waals surface area contributed by atoms with Gasteiger partial charge < -0.3 is 14.2 Å². The quantitative estimate of drug-likeness (QED) is 0.398. The van der Waals surface area contributed by atoms with E-state index in [-0.39, 0.29) is 13.2 Å². The number of allylic oxidation sites excluding steroid dienone is 1. The second-order valence-electron chi connectivity index (χ2n) is 6.12. The van der Waals surface area contributed by atoms with Gasteiger partial charge in [0.2, 0.25) is 0 Å². The van der Waals surface area contributed by atoms with Crippen LogP contribution in [0.1, 0.15) is 43.9 Å². The van der Waals surface area contributed by atoms with Crippen LogP contribution in [0, 0.1) is 0 Å². The molecule has 0 aliphatic carbocycles. The van der Waals surface area contributed by atoms with Crippen LogP contribution in [0.3, 0.4) is 0 Å². The molecular formula is C21H25Cl2O4P. The van der Waals surface area contributed by atoms with Gasteiger partial charge >= 0.3 is 7.60 Å². The standard InChI is InChI=1S/C21H25Cl2O4P/c1-3-26-28(25,27-4-2)15-17(16-8-6-5-7-9-16)10-13-21(24)19-12-11-18(22)14-20(19)23/h5-9,11-12,14-15,21,24H,3-4,10,13H2,1-2H3. The van der Waals surface area contributed by atoms with Crippen molar-refractivity contribution in [2.45, 2.75) is 32.8 Å². The Morgan fingerprint density at radius 1 is 1.11 bits per heavy atom. The number of halogens is 2. The van der Waals surface area contributed by atoms with Crippen molar-refractivity contribution in [3.8, 4) is 0 Å². The molecule has 0 amide bonds. The molecule has 0 bridgehead atoms. The monoisotopic (exact) mass is 442 g/mol. The molecule has 0 fully saturated rings. The average Bonchev–Trinajstić information content (AvgIpc) is 2.66. The van der Waals surface area contributed by atoms with E-state index in [1.807, 2.05) is 30.3 Å². The van der Waals surface area contributed by atoms with Crippen LogP contribution in [0.4, 0.5) is 0 Å². The number of hydrogen-bond donors (Lipinski definition) is 1. The van der Waals surface area contributed by atoms with Gasteiger partial charge in [-0.25, -0.2) is 0 Å². The van der Waals surface area contributed by atoms with Gasteiger partial charge in [-0.1, -0.05) is 59.6 Å². The summed E-state index contributed by atoms with van der Waals surface area (Å²) in [5.74, 6) is 1.56. The smallest absolute Gasteiger partial charge is 0.354 e. The lowest BCUT2D eigenvalue weighted by Gasteiger charge is -2.18. The topological polar surface area (TPSA) is 55.8 Å². The first-order valence-corrected chi connectivity index (χ1v) is 11.5. The average molecular weight is 443 g/mol. The van der Waals surface area contributed by atoms with Gasteiger partial charge in [-0.3, -0.25) is 4.57 Å². The van der Waals surface area contributed by atoms with Crippen molar-refractivity contribution in [3.05, 3.63) is 75.5 Å². The third kappa shape index (κ3) is 6.73. The summed E-state index contributed by atoms with van der Waals surface area (Å²) < 4.78 is 23.8. The van der Waals surface area contributed by atoms with Gasteiger partial charge in [-0.2, -0.15) is 0 Å². The highest BCUT2D eigenvalue weighted by Crippen LogP contribution is 2.52. The Hall–Kier alpha value is -1.13. The molecule has 0 aromatic heterocycles. The molecule has 0 saturated carbocycles. The lowest BCUT2D eigenvalue weighted by atomic mass is 9.98.